The molecule has 3 aromatic rings. The van der Waals surface area contributed by atoms with Gasteiger partial charge in [-0.3, -0.25) is 10.1 Å². The standard InChI is InChI=1S/C23H26N6O3/c1-15(2)21(31)28(3)18-9-10-20-19(13-18)26-22(29(20)11-4-12-30)27-23(32)25-17-7-5-16(14-24)6-8-17/h5-10,13,15,30H,4,11-12H2,1-3H3,(H2,25,26,27,32). The molecule has 1 aromatic heterocycles. The highest BCUT2D eigenvalue weighted by Crippen LogP contribution is 2.26. The minimum Gasteiger partial charge on any atom is -0.396 e. The number of carbonyl (C=O) groups excluding carboxylic acids is 2. The lowest BCUT2D eigenvalue weighted by atomic mass is 10.1. The third-order valence-electron chi connectivity index (χ3n) is 4.98. The number of nitrogens with zero attached hydrogens (tertiary/aromatic N) is 4. The number of imidazole rings is 1. The van der Waals surface area contributed by atoms with Crippen molar-refractivity contribution in [1.82, 2.24) is 9.55 Å². The number of aliphatic hydroxyl groups is 1. The van der Waals surface area contributed by atoms with E-state index in [9.17, 15) is 14.7 Å². The number of urea groups is 1. The summed E-state index contributed by atoms with van der Waals surface area (Å²) < 4.78 is 1.82. The van der Waals surface area contributed by atoms with Crippen molar-refractivity contribution < 1.29 is 14.7 Å². The van der Waals surface area contributed by atoms with E-state index in [1.165, 1.54) is 0 Å². The molecular formula is C23H26N6O3. The summed E-state index contributed by atoms with van der Waals surface area (Å²) in [5, 5.41) is 23.6. The third-order valence-corrected chi connectivity index (χ3v) is 4.98. The van der Waals surface area contributed by atoms with E-state index in [1.54, 1.807) is 42.3 Å². The first kappa shape index (κ1) is 22.8. The van der Waals surface area contributed by atoms with Gasteiger partial charge in [-0.15, -0.1) is 0 Å². The average Bonchev–Trinajstić information content (AvgIpc) is 3.12. The summed E-state index contributed by atoms with van der Waals surface area (Å²) in [6.45, 7) is 4.14. The monoisotopic (exact) mass is 434 g/mol. The smallest absolute Gasteiger partial charge is 0.326 e. The summed E-state index contributed by atoms with van der Waals surface area (Å²) in [5.74, 6) is 0.180. The summed E-state index contributed by atoms with van der Waals surface area (Å²) in [6, 6.07) is 13.5. The van der Waals surface area contributed by atoms with Crippen LogP contribution in [-0.2, 0) is 11.3 Å². The van der Waals surface area contributed by atoms with Gasteiger partial charge in [0.15, 0.2) is 0 Å². The number of amides is 3. The van der Waals surface area contributed by atoms with Crippen LogP contribution in [0.15, 0.2) is 42.5 Å². The Hall–Kier alpha value is -3.90. The highest BCUT2D eigenvalue weighted by atomic mass is 16.3. The second-order valence-electron chi connectivity index (χ2n) is 7.66. The molecule has 3 rings (SSSR count). The van der Waals surface area contributed by atoms with Crippen molar-refractivity contribution in [2.45, 2.75) is 26.8 Å². The van der Waals surface area contributed by atoms with Crippen LogP contribution in [0, 0.1) is 17.2 Å². The molecular weight excluding hydrogens is 408 g/mol. The van der Waals surface area contributed by atoms with E-state index in [0.717, 1.165) is 5.52 Å². The first-order valence-electron chi connectivity index (χ1n) is 10.3. The third kappa shape index (κ3) is 5.04. The summed E-state index contributed by atoms with van der Waals surface area (Å²) in [5.41, 5.74) is 3.14. The van der Waals surface area contributed by atoms with Crippen LogP contribution in [-0.4, -0.2) is 40.3 Å². The van der Waals surface area contributed by atoms with Crippen LogP contribution in [0.5, 0.6) is 0 Å². The number of nitrogens with one attached hydrogen (secondary N) is 2. The van der Waals surface area contributed by atoms with Crippen molar-refractivity contribution >= 4 is 40.3 Å². The van der Waals surface area contributed by atoms with E-state index in [2.05, 4.69) is 15.6 Å². The highest BCUT2D eigenvalue weighted by molar-refractivity contribution is 6.00. The number of nitriles is 1. The molecule has 166 valence electrons. The van der Waals surface area contributed by atoms with Gasteiger partial charge in [0, 0.05) is 37.5 Å². The van der Waals surface area contributed by atoms with Crippen LogP contribution in [0.25, 0.3) is 11.0 Å². The van der Waals surface area contributed by atoms with Gasteiger partial charge >= 0.3 is 6.03 Å². The number of rotatable bonds is 7. The van der Waals surface area contributed by atoms with Crippen LogP contribution in [0.2, 0.25) is 0 Å². The van der Waals surface area contributed by atoms with Crippen LogP contribution < -0.4 is 15.5 Å². The van der Waals surface area contributed by atoms with Gasteiger partial charge < -0.3 is 19.9 Å². The number of carbonyl (C=O) groups is 2. The van der Waals surface area contributed by atoms with Gasteiger partial charge in [-0.05, 0) is 48.9 Å². The van der Waals surface area contributed by atoms with Gasteiger partial charge in [0.25, 0.3) is 0 Å². The van der Waals surface area contributed by atoms with Crippen molar-refractivity contribution in [3.8, 4) is 6.07 Å². The predicted octanol–water partition coefficient (Wildman–Crippen LogP) is 3.55. The Morgan fingerprint density at radius 1 is 1.19 bits per heavy atom. The lowest BCUT2D eigenvalue weighted by Gasteiger charge is -2.19. The van der Waals surface area contributed by atoms with E-state index in [1.807, 2.05) is 36.6 Å². The largest absolute Gasteiger partial charge is 0.396 e. The number of anilines is 3. The Bertz CT molecular complexity index is 1160. The lowest BCUT2D eigenvalue weighted by Crippen LogP contribution is -2.30. The summed E-state index contributed by atoms with van der Waals surface area (Å²) >= 11 is 0. The Labute approximate surface area is 186 Å². The van der Waals surface area contributed by atoms with E-state index in [4.69, 9.17) is 5.26 Å². The molecule has 0 saturated carbocycles. The fraction of sp³-hybridized carbons (Fsp3) is 0.304. The molecule has 0 unspecified atom stereocenters. The van der Waals surface area contributed by atoms with E-state index in [-0.39, 0.29) is 18.4 Å². The second-order valence-corrected chi connectivity index (χ2v) is 7.66. The Balaban J connectivity index is 1.87. The molecule has 2 aromatic carbocycles. The zero-order valence-electron chi connectivity index (χ0n) is 18.3. The maximum Gasteiger partial charge on any atom is 0.326 e. The number of hydrogen-bond acceptors (Lipinski definition) is 5. The molecule has 0 radical (unpaired) electrons. The van der Waals surface area contributed by atoms with Gasteiger partial charge in [0.05, 0.1) is 22.7 Å². The summed E-state index contributed by atoms with van der Waals surface area (Å²) in [7, 11) is 1.72. The van der Waals surface area contributed by atoms with Crippen molar-refractivity contribution in [2.24, 2.45) is 5.92 Å². The molecule has 9 heteroatoms. The number of benzene rings is 2. The zero-order valence-corrected chi connectivity index (χ0v) is 18.3. The van der Waals surface area contributed by atoms with Crippen molar-refractivity contribution in [3.05, 3.63) is 48.0 Å². The van der Waals surface area contributed by atoms with Crippen LogP contribution >= 0.6 is 0 Å². The van der Waals surface area contributed by atoms with Crippen LogP contribution in [0.4, 0.5) is 22.1 Å². The molecule has 3 amide bonds. The molecule has 0 fully saturated rings. The second kappa shape index (κ2) is 9.94. The summed E-state index contributed by atoms with van der Waals surface area (Å²) in [4.78, 5) is 31.0. The quantitative estimate of drug-likeness (QED) is 0.525. The molecule has 3 N–H and O–H groups in total. The maximum atomic E-state index is 12.5. The van der Waals surface area contributed by atoms with Gasteiger partial charge in [0.2, 0.25) is 11.9 Å². The minimum atomic E-state index is -0.484. The Morgan fingerprint density at radius 3 is 2.53 bits per heavy atom. The molecule has 9 nitrogen and oxygen atoms in total. The fourth-order valence-corrected chi connectivity index (χ4v) is 3.28. The van der Waals surface area contributed by atoms with Gasteiger partial charge in [-0.2, -0.15) is 5.26 Å². The first-order valence-corrected chi connectivity index (χ1v) is 10.3. The molecule has 1 heterocycles. The molecule has 0 spiro atoms. The number of hydrogen-bond donors (Lipinski definition) is 3. The highest BCUT2D eigenvalue weighted by Gasteiger charge is 2.18. The normalized spacial score (nSPS) is 10.8. The zero-order chi connectivity index (χ0) is 23.3. The lowest BCUT2D eigenvalue weighted by molar-refractivity contribution is -0.121. The predicted molar refractivity (Wildman–Crippen MR) is 123 cm³/mol. The molecule has 0 aliphatic rings. The van der Waals surface area contributed by atoms with Gasteiger partial charge in [-0.25, -0.2) is 9.78 Å². The van der Waals surface area contributed by atoms with E-state index >= 15 is 0 Å². The minimum absolute atomic E-state index is 0.000261. The molecule has 0 bridgehead atoms. The molecule has 0 aliphatic carbocycles. The molecule has 0 atom stereocenters. The number of aliphatic hydroxyl groups excluding tert-OH is 1. The maximum absolute atomic E-state index is 12.5. The van der Waals surface area contributed by atoms with Crippen LogP contribution in [0.3, 0.4) is 0 Å². The Morgan fingerprint density at radius 2 is 1.91 bits per heavy atom. The van der Waals surface area contributed by atoms with Crippen LogP contribution in [0.1, 0.15) is 25.8 Å². The fourth-order valence-electron chi connectivity index (χ4n) is 3.28. The number of aromatic nitrogens is 2. The number of fused-ring (bicyclic) bond motifs is 1. The SMILES string of the molecule is CC(C)C(=O)N(C)c1ccc2c(c1)nc(NC(=O)Nc1ccc(C#N)cc1)n2CCCO. The van der Waals surface area contributed by atoms with Gasteiger partial charge in [0.1, 0.15) is 0 Å². The average molecular weight is 435 g/mol. The van der Waals surface area contributed by atoms with Crippen molar-refractivity contribution in [2.75, 3.05) is 29.2 Å². The van der Waals surface area contributed by atoms with Crippen molar-refractivity contribution in [3.63, 3.8) is 0 Å². The summed E-state index contributed by atoms with van der Waals surface area (Å²) in [6.07, 6.45) is 0.491. The topological polar surface area (TPSA) is 123 Å². The number of aryl methyl sites for hydroxylation is 1. The van der Waals surface area contributed by atoms with E-state index < -0.39 is 6.03 Å². The molecule has 0 saturated heterocycles. The first-order chi connectivity index (χ1) is 15.3. The molecule has 0 aliphatic heterocycles. The Kier molecular flexibility index (Phi) is 7.07. The van der Waals surface area contributed by atoms with Crippen molar-refractivity contribution in [1.29, 1.82) is 5.26 Å². The molecule has 32 heavy (non-hydrogen) atoms. The van der Waals surface area contributed by atoms with Gasteiger partial charge in [-0.1, -0.05) is 13.8 Å². The van der Waals surface area contributed by atoms with E-state index in [0.29, 0.717) is 41.4 Å².